The summed E-state index contributed by atoms with van der Waals surface area (Å²) in [5.41, 5.74) is 0.478. The minimum atomic E-state index is -0.497. The van der Waals surface area contributed by atoms with Gasteiger partial charge >= 0.3 is 6.09 Å². The number of halogens is 1. The maximum absolute atomic E-state index is 12.5. The predicted octanol–water partition coefficient (Wildman–Crippen LogP) is 4.83. The van der Waals surface area contributed by atoms with Gasteiger partial charge in [0.05, 0.1) is 4.47 Å². The molecule has 0 unspecified atom stereocenters. The van der Waals surface area contributed by atoms with Crippen LogP contribution in [0.5, 0.6) is 5.75 Å². The molecule has 0 saturated heterocycles. The summed E-state index contributed by atoms with van der Waals surface area (Å²) in [7, 11) is 0. The molecular formula is C17H24BrNO3. The van der Waals surface area contributed by atoms with Crippen LogP contribution in [0.1, 0.15) is 52.0 Å². The average molecular weight is 370 g/mol. The Bertz CT molecular complexity index is 533. The highest BCUT2D eigenvalue weighted by molar-refractivity contribution is 9.10. The molecule has 1 amide bonds. The number of ether oxygens (including phenoxy) is 1. The van der Waals surface area contributed by atoms with E-state index in [0.29, 0.717) is 11.0 Å². The number of hydrogen-bond donors (Lipinski definition) is 1. The maximum Gasteiger partial charge on any atom is 0.410 e. The SMILES string of the molecule is CC(C)(C)OC(=O)N(Cc1ccc(O)c(Br)c1)C1CCCC1. The first-order valence-corrected chi connectivity index (χ1v) is 8.52. The molecule has 122 valence electrons. The number of hydrogen-bond acceptors (Lipinski definition) is 3. The van der Waals surface area contributed by atoms with Crippen LogP contribution in [0.2, 0.25) is 0 Å². The van der Waals surface area contributed by atoms with Crippen molar-refractivity contribution in [2.45, 2.75) is 64.6 Å². The minimum absolute atomic E-state index is 0.202. The van der Waals surface area contributed by atoms with Crippen molar-refractivity contribution in [2.24, 2.45) is 0 Å². The Kier molecular flexibility index (Phi) is 5.37. The third-order valence-corrected chi connectivity index (χ3v) is 4.39. The summed E-state index contributed by atoms with van der Waals surface area (Å²) < 4.78 is 6.20. The van der Waals surface area contributed by atoms with Crippen molar-refractivity contribution in [1.29, 1.82) is 0 Å². The van der Waals surface area contributed by atoms with Crippen LogP contribution in [0.15, 0.2) is 22.7 Å². The highest BCUT2D eigenvalue weighted by Crippen LogP contribution is 2.29. The molecule has 2 rings (SSSR count). The van der Waals surface area contributed by atoms with Crippen LogP contribution in [0.3, 0.4) is 0 Å². The zero-order valence-electron chi connectivity index (χ0n) is 13.4. The summed E-state index contributed by atoms with van der Waals surface area (Å²) >= 11 is 3.32. The standard InChI is InChI=1S/C17H24BrNO3/c1-17(2,3)22-16(21)19(13-6-4-5-7-13)11-12-8-9-15(20)14(18)10-12/h8-10,13,20H,4-7,11H2,1-3H3. The molecule has 0 atom stereocenters. The van der Waals surface area contributed by atoms with Crippen molar-refractivity contribution in [2.75, 3.05) is 0 Å². The van der Waals surface area contributed by atoms with Gasteiger partial charge in [-0.25, -0.2) is 4.79 Å². The van der Waals surface area contributed by atoms with Crippen LogP contribution in [-0.2, 0) is 11.3 Å². The number of aromatic hydroxyl groups is 1. The molecule has 1 saturated carbocycles. The van der Waals surface area contributed by atoms with Gasteiger partial charge in [-0.3, -0.25) is 0 Å². The van der Waals surface area contributed by atoms with Crippen LogP contribution in [0, 0.1) is 0 Å². The molecule has 1 aliphatic carbocycles. The van der Waals surface area contributed by atoms with Gasteiger partial charge in [-0.2, -0.15) is 0 Å². The van der Waals surface area contributed by atoms with E-state index in [0.717, 1.165) is 31.2 Å². The van der Waals surface area contributed by atoms with E-state index >= 15 is 0 Å². The molecule has 5 heteroatoms. The van der Waals surface area contributed by atoms with Crippen molar-refractivity contribution >= 4 is 22.0 Å². The summed E-state index contributed by atoms with van der Waals surface area (Å²) in [6.45, 7) is 6.15. The highest BCUT2D eigenvalue weighted by atomic mass is 79.9. The van der Waals surface area contributed by atoms with Gasteiger partial charge < -0.3 is 14.7 Å². The van der Waals surface area contributed by atoms with E-state index in [-0.39, 0.29) is 17.9 Å². The predicted molar refractivity (Wildman–Crippen MR) is 89.8 cm³/mol. The lowest BCUT2D eigenvalue weighted by atomic mass is 10.1. The minimum Gasteiger partial charge on any atom is -0.507 e. The molecule has 4 nitrogen and oxygen atoms in total. The molecule has 0 radical (unpaired) electrons. The van der Waals surface area contributed by atoms with Crippen LogP contribution in [-0.4, -0.2) is 27.7 Å². The first kappa shape index (κ1) is 17.1. The largest absolute Gasteiger partial charge is 0.507 e. The Morgan fingerprint density at radius 1 is 1.36 bits per heavy atom. The van der Waals surface area contributed by atoms with Crippen LogP contribution >= 0.6 is 15.9 Å². The molecule has 1 aromatic carbocycles. The monoisotopic (exact) mass is 369 g/mol. The van der Waals surface area contributed by atoms with Crippen molar-refractivity contribution in [3.63, 3.8) is 0 Å². The molecule has 1 aliphatic rings. The highest BCUT2D eigenvalue weighted by Gasteiger charge is 2.30. The molecule has 0 spiro atoms. The van der Waals surface area contributed by atoms with Gasteiger partial charge in [-0.1, -0.05) is 18.9 Å². The normalized spacial score (nSPS) is 15.8. The lowest BCUT2D eigenvalue weighted by Gasteiger charge is -2.31. The van der Waals surface area contributed by atoms with E-state index in [9.17, 15) is 9.90 Å². The number of rotatable bonds is 3. The van der Waals surface area contributed by atoms with Crippen LogP contribution < -0.4 is 0 Å². The fourth-order valence-corrected chi connectivity index (χ4v) is 3.15. The van der Waals surface area contributed by atoms with E-state index in [2.05, 4.69) is 15.9 Å². The summed E-state index contributed by atoms with van der Waals surface area (Å²) in [6.07, 6.45) is 4.10. The van der Waals surface area contributed by atoms with Gasteiger partial charge in [-0.15, -0.1) is 0 Å². The number of phenolic OH excluding ortho intramolecular Hbond substituents is 1. The third-order valence-electron chi connectivity index (χ3n) is 3.76. The van der Waals surface area contributed by atoms with E-state index < -0.39 is 5.60 Å². The summed E-state index contributed by atoms with van der Waals surface area (Å²) in [4.78, 5) is 14.4. The Balaban J connectivity index is 2.16. The molecule has 1 aromatic rings. The Morgan fingerprint density at radius 2 is 2.00 bits per heavy atom. The zero-order valence-corrected chi connectivity index (χ0v) is 15.0. The number of phenols is 1. The second-order valence-corrected chi connectivity index (χ2v) is 7.69. The first-order valence-electron chi connectivity index (χ1n) is 7.73. The molecule has 0 bridgehead atoms. The molecular weight excluding hydrogens is 346 g/mol. The number of amides is 1. The first-order chi connectivity index (χ1) is 10.3. The lowest BCUT2D eigenvalue weighted by Crippen LogP contribution is -2.41. The Labute approximate surface area is 140 Å². The van der Waals surface area contributed by atoms with Gasteiger partial charge in [0, 0.05) is 12.6 Å². The topological polar surface area (TPSA) is 49.8 Å². The summed E-state index contributed by atoms with van der Waals surface area (Å²) in [5.74, 6) is 0.202. The van der Waals surface area contributed by atoms with Gasteiger partial charge in [0.1, 0.15) is 11.4 Å². The van der Waals surface area contributed by atoms with Gasteiger partial charge in [0.2, 0.25) is 0 Å². The average Bonchev–Trinajstić information content (AvgIpc) is 2.91. The number of benzene rings is 1. The third kappa shape index (κ3) is 4.63. The van der Waals surface area contributed by atoms with Crippen LogP contribution in [0.25, 0.3) is 0 Å². The van der Waals surface area contributed by atoms with E-state index in [1.807, 2.05) is 37.8 Å². The van der Waals surface area contributed by atoms with Gasteiger partial charge in [0.25, 0.3) is 0 Å². The zero-order chi connectivity index (χ0) is 16.3. The van der Waals surface area contributed by atoms with Crippen LogP contribution in [0.4, 0.5) is 4.79 Å². The maximum atomic E-state index is 12.5. The van der Waals surface area contributed by atoms with E-state index in [1.54, 1.807) is 6.07 Å². The van der Waals surface area contributed by atoms with Crippen molar-refractivity contribution in [1.82, 2.24) is 4.90 Å². The van der Waals surface area contributed by atoms with Crippen molar-refractivity contribution in [3.8, 4) is 5.75 Å². The molecule has 0 heterocycles. The number of carbonyl (C=O) groups excluding carboxylic acids is 1. The second kappa shape index (κ2) is 6.90. The quantitative estimate of drug-likeness (QED) is 0.829. The number of carbonyl (C=O) groups is 1. The van der Waals surface area contributed by atoms with E-state index in [1.165, 1.54) is 0 Å². The number of nitrogens with zero attached hydrogens (tertiary/aromatic N) is 1. The molecule has 1 fully saturated rings. The van der Waals surface area contributed by atoms with Crippen molar-refractivity contribution < 1.29 is 14.6 Å². The van der Waals surface area contributed by atoms with E-state index in [4.69, 9.17) is 4.74 Å². The molecule has 0 aliphatic heterocycles. The van der Waals surface area contributed by atoms with Gasteiger partial charge in [0.15, 0.2) is 0 Å². The smallest absolute Gasteiger partial charge is 0.410 e. The fraction of sp³-hybridized carbons (Fsp3) is 0.588. The second-order valence-electron chi connectivity index (χ2n) is 6.83. The summed E-state index contributed by atoms with van der Waals surface area (Å²) in [6, 6.07) is 5.57. The van der Waals surface area contributed by atoms with Gasteiger partial charge in [-0.05, 0) is 67.2 Å². The molecule has 1 N–H and O–H groups in total. The molecule has 22 heavy (non-hydrogen) atoms. The fourth-order valence-electron chi connectivity index (χ4n) is 2.72. The Morgan fingerprint density at radius 3 is 2.55 bits per heavy atom. The summed E-state index contributed by atoms with van der Waals surface area (Å²) in [5, 5.41) is 9.60. The molecule has 0 aromatic heterocycles. The lowest BCUT2D eigenvalue weighted by molar-refractivity contribution is 0.0145. The Hall–Kier alpha value is -1.23. The van der Waals surface area contributed by atoms with Crippen molar-refractivity contribution in [3.05, 3.63) is 28.2 Å².